The van der Waals surface area contributed by atoms with Crippen LogP contribution in [0.5, 0.6) is 0 Å². The molecule has 3 rings (SSSR count). The molecule has 2 N–H and O–H groups in total. The lowest BCUT2D eigenvalue weighted by Gasteiger charge is -2.14. The van der Waals surface area contributed by atoms with Crippen molar-refractivity contribution in [3.63, 3.8) is 0 Å². The van der Waals surface area contributed by atoms with Crippen molar-refractivity contribution < 1.29 is 4.79 Å². The highest BCUT2D eigenvalue weighted by atomic mass is 16.1. The summed E-state index contributed by atoms with van der Waals surface area (Å²) >= 11 is 0. The molecule has 0 saturated heterocycles. The number of carbonyl (C=O) groups excluding carboxylic acids is 1. The Balaban J connectivity index is 1.85. The zero-order chi connectivity index (χ0) is 13.9. The normalized spacial score (nSPS) is 12.2. The first-order valence-corrected chi connectivity index (χ1v) is 6.52. The van der Waals surface area contributed by atoms with Crippen molar-refractivity contribution >= 4 is 16.8 Å². The first-order valence-electron chi connectivity index (χ1n) is 6.52. The van der Waals surface area contributed by atoms with Crippen molar-refractivity contribution in [3.8, 4) is 0 Å². The summed E-state index contributed by atoms with van der Waals surface area (Å²) in [5, 5.41) is 4.04. The number of rotatable bonds is 3. The number of benzene rings is 1. The fourth-order valence-corrected chi connectivity index (χ4v) is 2.28. The molecule has 0 radical (unpaired) electrons. The van der Waals surface area contributed by atoms with Crippen molar-refractivity contribution in [1.82, 2.24) is 15.3 Å². The molecule has 1 unspecified atom stereocenters. The molecule has 0 aliphatic rings. The first-order chi connectivity index (χ1) is 9.75. The van der Waals surface area contributed by atoms with Gasteiger partial charge in [0.1, 0.15) is 0 Å². The van der Waals surface area contributed by atoms with Gasteiger partial charge in [-0.05, 0) is 36.8 Å². The van der Waals surface area contributed by atoms with Crippen molar-refractivity contribution in [2.75, 3.05) is 0 Å². The average Bonchev–Trinajstić information content (AvgIpc) is 2.96. The fraction of sp³-hybridized carbons (Fsp3) is 0.125. The number of H-pyrrole nitrogens is 1. The molecule has 2 heterocycles. The van der Waals surface area contributed by atoms with E-state index in [9.17, 15) is 4.79 Å². The number of aromatic amines is 1. The number of amides is 1. The third-order valence-corrected chi connectivity index (χ3v) is 3.39. The van der Waals surface area contributed by atoms with Gasteiger partial charge in [0, 0.05) is 24.0 Å². The quantitative estimate of drug-likeness (QED) is 0.764. The maximum atomic E-state index is 12.4. The number of hydrogen-bond donors (Lipinski definition) is 2. The molecule has 0 aliphatic heterocycles. The Morgan fingerprint density at radius 2 is 2.00 bits per heavy atom. The summed E-state index contributed by atoms with van der Waals surface area (Å²) in [6, 6.07) is 11.4. The van der Waals surface area contributed by atoms with E-state index >= 15 is 0 Å². The van der Waals surface area contributed by atoms with Gasteiger partial charge in [0.2, 0.25) is 0 Å². The smallest absolute Gasteiger partial charge is 0.253 e. The van der Waals surface area contributed by atoms with Crippen LogP contribution in [-0.4, -0.2) is 15.9 Å². The second-order valence-electron chi connectivity index (χ2n) is 4.72. The highest BCUT2D eigenvalue weighted by Gasteiger charge is 2.14. The van der Waals surface area contributed by atoms with E-state index < -0.39 is 0 Å². The fourth-order valence-electron chi connectivity index (χ4n) is 2.28. The van der Waals surface area contributed by atoms with Crippen LogP contribution in [-0.2, 0) is 0 Å². The third kappa shape index (κ3) is 2.28. The van der Waals surface area contributed by atoms with Crippen LogP contribution >= 0.6 is 0 Å². The Morgan fingerprint density at radius 3 is 2.80 bits per heavy atom. The minimum Gasteiger partial charge on any atom is -0.361 e. The van der Waals surface area contributed by atoms with Gasteiger partial charge in [0.05, 0.1) is 17.1 Å². The van der Waals surface area contributed by atoms with Gasteiger partial charge in [-0.15, -0.1) is 0 Å². The van der Waals surface area contributed by atoms with Gasteiger partial charge in [-0.2, -0.15) is 0 Å². The number of nitrogens with one attached hydrogen (secondary N) is 2. The first kappa shape index (κ1) is 12.4. The van der Waals surface area contributed by atoms with Gasteiger partial charge in [0.25, 0.3) is 5.91 Å². The summed E-state index contributed by atoms with van der Waals surface area (Å²) in [6.45, 7) is 1.96. The maximum absolute atomic E-state index is 12.4. The summed E-state index contributed by atoms with van der Waals surface area (Å²) in [6.07, 6.45) is 5.29. The van der Waals surface area contributed by atoms with Gasteiger partial charge < -0.3 is 10.3 Å². The summed E-state index contributed by atoms with van der Waals surface area (Å²) in [5.74, 6) is -0.0811. The Bertz CT molecular complexity index is 734. The minimum atomic E-state index is -0.0811. The van der Waals surface area contributed by atoms with Crippen LogP contribution in [0.4, 0.5) is 0 Å². The summed E-state index contributed by atoms with van der Waals surface area (Å²) in [5.41, 5.74) is 2.56. The monoisotopic (exact) mass is 265 g/mol. The largest absolute Gasteiger partial charge is 0.361 e. The van der Waals surface area contributed by atoms with Gasteiger partial charge in [-0.3, -0.25) is 9.78 Å². The van der Waals surface area contributed by atoms with Crippen LogP contribution in [0.25, 0.3) is 10.9 Å². The lowest BCUT2D eigenvalue weighted by Crippen LogP contribution is -2.26. The third-order valence-electron chi connectivity index (χ3n) is 3.39. The van der Waals surface area contributed by atoms with Gasteiger partial charge in [-0.1, -0.05) is 12.1 Å². The zero-order valence-electron chi connectivity index (χ0n) is 11.1. The molecule has 2 aromatic heterocycles. The van der Waals surface area contributed by atoms with E-state index in [1.165, 1.54) is 0 Å². The van der Waals surface area contributed by atoms with Crippen LogP contribution in [0.3, 0.4) is 0 Å². The van der Waals surface area contributed by atoms with E-state index in [2.05, 4.69) is 15.3 Å². The van der Waals surface area contributed by atoms with Gasteiger partial charge in [0.15, 0.2) is 0 Å². The SMILES string of the molecule is CC(NC(=O)c1cccc2cc[nH]c12)c1ccncc1. The number of carbonyl (C=O) groups is 1. The summed E-state index contributed by atoms with van der Waals surface area (Å²) in [7, 11) is 0. The average molecular weight is 265 g/mol. The molecular formula is C16H15N3O. The Hall–Kier alpha value is -2.62. The topological polar surface area (TPSA) is 57.8 Å². The number of pyridine rings is 1. The Morgan fingerprint density at radius 1 is 1.20 bits per heavy atom. The molecule has 20 heavy (non-hydrogen) atoms. The van der Waals surface area contributed by atoms with Crippen molar-refractivity contribution in [1.29, 1.82) is 0 Å². The van der Waals surface area contributed by atoms with E-state index in [0.717, 1.165) is 16.5 Å². The second-order valence-corrected chi connectivity index (χ2v) is 4.72. The molecule has 1 amide bonds. The Labute approximate surface area is 116 Å². The van der Waals surface area contributed by atoms with E-state index in [1.54, 1.807) is 12.4 Å². The highest BCUT2D eigenvalue weighted by Crippen LogP contribution is 2.18. The number of fused-ring (bicyclic) bond motifs is 1. The van der Waals surface area contributed by atoms with Crippen LogP contribution in [0, 0.1) is 0 Å². The number of para-hydroxylation sites is 1. The summed E-state index contributed by atoms with van der Waals surface area (Å²) < 4.78 is 0. The standard InChI is InChI=1S/C16H15N3O/c1-11(12-5-8-17-9-6-12)19-16(20)14-4-2-3-13-7-10-18-15(13)14/h2-11,18H,1H3,(H,19,20). The molecule has 3 aromatic rings. The lowest BCUT2D eigenvalue weighted by atomic mass is 10.1. The van der Waals surface area contributed by atoms with Crippen LogP contribution in [0.1, 0.15) is 28.9 Å². The van der Waals surface area contributed by atoms with Gasteiger partial charge in [-0.25, -0.2) is 0 Å². The molecule has 1 atom stereocenters. The number of aromatic nitrogens is 2. The van der Waals surface area contributed by atoms with E-state index in [-0.39, 0.29) is 11.9 Å². The second kappa shape index (κ2) is 5.17. The molecular weight excluding hydrogens is 250 g/mol. The minimum absolute atomic E-state index is 0.0595. The highest BCUT2D eigenvalue weighted by molar-refractivity contribution is 6.05. The van der Waals surface area contributed by atoms with Crippen molar-refractivity contribution in [3.05, 3.63) is 66.1 Å². The van der Waals surface area contributed by atoms with Crippen LogP contribution < -0.4 is 5.32 Å². The predicted octanol–water partition coefficient (Wildman–Crippen LogP) is 3.05. The molecule has 4 nitrogen and oxygen atoms in total. The number of nitrogens with zero attached hydrogens (tertiary/aromatic N) is 1. The molecule has 0 spiro atoms. The number of hydrogen-bond acceptors (Lipinski definition) is 2. The Kier molecular flexibility index (Phi) is 3.21. The maximum Gasteiger partial charge on any atom is 0.253 e. The van der Waals surface area contributed by atoms with E-state index in [1.807, 2.05) is 49.5 Å². The lowest BCUT2D eigenvalue weighted by molar-refractivity contribution is 0.0941. The van der Waals surface area contributed by atoms with Gasteiger partial charge >= 0.3 is 0 Å². The zero-order valence-corrected chi connectivity index (χ0v) is 11.1. The van der Waals surface area contributed by atoms with Crippen LogP contribution in [0.15, 0.2) is 55.0 Å². The summed E-state index contributed by atoms with van der Waals surface area (Å²) in [4.78, 5) is 19.5. The molecule has 0 saturated carbocycles. The van der Waals surface area contributed by atoms with E-state index in [0.29, 0.717) is 5.56 Å². The van der Waals surface area contributed by atoms with Crippen molar-refractivity contribution in [2.24, 2.45) is 0 Å². The van der Waals surface area contributed by atoms with Crippen molar-refractivity contribution in [2.45, 2.75) is 13.0 Å². The predicted molar refractivity (Wildman–Crippen MR) is 78.4 cm³/mol. The molecule has 1 aromatic carbocycles. The van der Waals surface area contributed by atoms with Crippen LogP contribution in [0.2, 0.25) is 0 Å². The molecule has 0 bridgehead atoms. The molecule has 0 fully saturated rings. The molecule has 4 heteroatoms. The molecule has 0 aliphatic carbocycles. The molecule has 100 valence electrons. The van der Waals surface area contributed by atoms with E-state index in [4.69, 9.17) is 0 Å².